The van der Waals surface area contributed by atoms with Crippen LogP contribution in [0.15, 0.2) is 59.5 Å². The molecule has 0 fully saturated rings. The van der Waals surface area contributed by atoms with E-state index in [2.05, 4.69) is 13.8 Å². The second-order valence-corrected chi connectivity index (χ2v) is 9.34. The number of allylic oxidation sites excluding steroid dienone is 2. The van der Waals surface area contributed by atoms with Crippen LogP contribution in [0.1, 0.15) is 44.2 Å². The van der Waals surface area contributed by atoms with Crippen LogP contribution in [-0.4, -0.2) is 20.5 Å². The van der Waals surface area contributed by atoms with Crippen LogP contribution in [0.2, 0.25) is 0 Å². The molecule has 0 amide bonds. The van der Waals surface area contributed by atoms with Gasteiger partial charge >= 0.3 is 0 Å². The van der Waals surface area contributed by atoms with Crippen LogP contribution in [0, 0.1) is 5.41 Å². The number of hydrogen-bond donors (Lipinski definition) is 0. The van der Waals surface area contributed by atoms with Crippen molar-refractivity contribution >= 4 is 26.8 Å². The molecule has 0 spiro atoms. The fourth-order valence-corrected chi connectivity index (χ4v) is 4.64. The minimum absolute atomic E-state index is 0.161. The molecule has 1 aliphatic carbocycles. The number of Topliss-reactive ketones (excluding diaryl/α,β-unsaturated/α-hetero) is 1. The van der Waals surface area contributed by atoms with E-state index in [9.17, 15) is 13.2 Å². The Kier molecular flexibility index (Phi) is 4.89. The zero-order valence-corrected chi connectivity index (χ0v) is 16.3. The number of rotatable bonds is 5. The minimum atomic E-state index is -3.24. The normalized spacial score (nSPS) is 20.7. The second-order valence-electron chi connectivity index (χ2n) is 7.32. The highest BCUT2D eigenvalue weighted by molar-refractivity contribution is 7.90. The number of carbonyl (C=O) groups excluding carboxylic acids is 1. The van der Waals surface area contributed by atoms with Crippen LogP contribution >= 0.6 is 0 Å². The third-order valence-electron chi connectivity index (χ3n) is 5.12. The van der Waals surface area contributed by atoms with Crippen LogP contribution in [0.3, 0.4) is 0 Å². The molecule has 0 N–H and O–H groups in total. The standard InChI is InChI=1S/C22H24O3S/c1-4-14-22(2)15-19(23)20(16-8-6-5-7-9-16)21(22)17-10-12-18(13-11-17)26(3,24)25/h5-13H,4,14-15H2,1-3H3. The summed E-state index contributed by atoms with van der Waals surface area (Å²) in [6.07, 6.45) is 3.60. The summed E-state index contributed by atoms with van der Waals surface area (Å²) < 4.78 is 23.5. The van der Waals surface area contributed by atoms with Crippen molar-refractivity contribution in [2.75, 3.05) is 6.26 Å². The van der Waals surface area contributed by atoms with Crippen LogP contribution in [0.25, 0.3) is 11.1 Å². The summed E-state index contributed by atoms with van der Waals surface area (Å²) >= 11 is 0. The van der Waals surface area contributed by atoms with E-state index in [0.29, 0.717) is 11.3 Å². The van der Waals surface area contributed by atoms with Crippen molar-refractivity contribution in [2.45, 2.75) is 38.0 Å². The predicted molar refractivity (Wildman–Crippen MR) is 105 cm³/mol. The Morgan fingerprint density at radius 2 is 1.58 bits per heavy atom. The lowest BCUT2D eigenvalue weighted by Crippen LogP contribution is -2.16. The SMILES string of the molecule is CCCC1(C)CC(=O)C(c2ccccc2)=C1c1ccc(S(C)(=O)=O)cc1. The molecule has 2 aromatic rings. The summed E-state index contributed by atoms with van der Waals surface area (Å²) in [6, 6.07) is 16.7. The molecule has 0 saturated heterocycles. The van der Waals surface area contributed by atoms with Gasteiger partial charge in [0.2, 0.25) is 0 Å². The van der Waals surface area contributed by atoms with E-state index in [1.165, 1.54) is 6.26 Å². The van der Waals surface area contributed by atoms with Crippen LogP contribution < -0.4 is 0 Å². The summed E-state index contributed by atoms with van der Waals surface area (Å²) in [5.41, 5.74) is 3.44. The molecule has 0 aromatic heterocycles. The molecule has 3 nitrogen and oxygen atoms in total. The van der Waals surface area contributed by atoms with Crippen molar-refractivity contribution in [1.29, 1.82) is 0 Å². The maximum atomic E-state index is 12.9. The Hall–Kier alpha value is -2.20. The first kappa shape index (κ1) is 18.6. The van der Waals surface area contributed by atoms with Crippen molar-refractivity contribution in [1.82, 2.24) is 0 Å². The van der Waals surface area contributed by atoms with Crippen molar-refractivity contribution in [3.8, 4) is 0 Å². The van der Waals surface area contributed by atoms with Gasteiger partial charge in [-0.15, -0.1) is 0 Å². The Morgan fingerprint density at radius 1 is 0.962 bits per heavy atom. The number of benzene rings is 2. The lowest BCUT2D eigenvalue weighted by Gasteiger charge is -2.27. The average Bonchev–Trinajstić information content (AvgIpc) is 2.85. The van der Waals surface area contributed by atoms with E-state index < -0.39 is 9.84 Å². The Morgan fingerprint density at radius 3 is 2.12 bits per heavy atom. The van der Waals surface area contributed by atoms with Gasteiger partial charge in [0.05, 0.1) is 4.90 Å². The van der Waals surface area contributed by atoms with Crippen LogP contribution in [-0.2, 0) is 14.6 Å². The quantitative estimate of drug-likeness (QED) is 0.763. The molecular weight excluding hydrogens is 344 g/mol. The number of carbonyl (C=O) groups is 1. The molecule has 26 heavy (non-hydrogen) atoms. The largest absolute Gasteiger partial charge is 0.294 e. The zero-order valence-electron chi connectivity index (χ0n) is 15.5. The molecule has 0 bridgehead atoms. The van der Waals surface area contributed by atoms with E-state index in [-0.39, 0.29) is 11.2 Å². The van der Waals surface area contributed by atoms with Gasteiger partial charge in [-0.1, -0.05) is 62.7 Å². The molecule has 0 saturated carbocycles. The molecule has 2 aromatic carbocycles. The highest BCUT2D eigenvalue weighted by atomic mass is 32.2. The Labute approximate surface area is 155 Å². The highest BCUT2D eigenvalue weighted by Gasteiger charge is 2.42. The maximum Gasteiger partial charge on any atom is 0.175 e. The molecule has 0 heterocycles. The highest BCUT2D eigenvalue weighted by Crippen LogP contribution is 2.52. The molecule has 1 aliphatic rings. The summed E-state index contributed by atoms with van der Waals surface area (Å²) in [6.45, 7) is 4.27. The van der Waals surface area contributed by atoms with Gasteiger partial charge in [-0.3, -0.25) is 4.79 Å². The molecule has 1 atom stereocenters. The maximum absolute atomic E-state index is 12.9. The van der Waals surface area contributed by atoms with Crippen molar-refractivity contribution < 1.29 is 13.2 Å². The number of sulfone groups is 1. The molecule has 136 valence electrons. The van der Waals surface area contributed by atoms with Gasteiger partial charge in [-0.05, 0) is 35.3 Å². The Balaban J connectivity index is 2.22. The van der Waals surface area contributed by atoms with Crippen molar-refractivity contribution in [3.63, 3.8) is 0 Å². The van der Waals surface area contributed by atoms with E-state index in [1.807, 2.05) is 42.5 Å². The van der Waals surface area contributed by atoms with E-state index in [1.54, 1.807) is 12.1 Å². The first-order valence-electron chi connectivity index (χ1n) is 8.90. The molecule has 3 rings (SSSR count). The van der Waals surface area contributed by atoms with Gasteiger partial charge < -0.3 is 0 Å². The Bertz CT molecular complexity index is 954. The van der Waals surface area contributed by atoms with E-state index in [0.717, 1.165) is 35.1 Å². The van der Waals surface area contributed by atoms with Gasteiger partial charge in [-0.2, -0.15) is 0 Å². The minimum Gasteiger partial charge on any atom is -0.294 e. The van der Waals surface area contributed by atoms with E-state index >= 15 is 0 Å². The first-order chi connectivity index (χ1) is 12.3. The van der Waals surface area contributed by atoms with Gasteiger partial charge in [0.1, 0.15) is 0 Å². The van der Waals surface area contributed by atoms with Gasteiger partial charge in [-0.25, -0.2) is 8.42 Å². The first-order valence-corrected chi connectivity index (χ1v) is 10.8. The molecule has 1 unspecified atom stereocenters. The summed E-state index contributed by atoms with van der Waals surface area (Å²) in [5.74, 6) is 0.161. The number of ketones is 1. The lowest BCUT2D eigenvalue weighted by atomic mass is 9.76. The molecular formula is C22H24O3S. The predicted octanol–water partition coefficient (Wildman–Crippen LogP) is 4.78. The van der Waals surface area contributed by atoms with E-state index in [4.69, 9.17) is 0 Å². The lowest BCUT2D eigenvalue weighted by molar-refractivity contribution is -0.114. The van der Waals surface area contributed by atoms with Crippen molar-refractivity contribution in [3.05, 3.63) is 65.7 Å². The van der Waals surface area contributed by atoms with Crippen LogP contribution in [0.4, 0.5) is 0 Å². The van der Waals surface area contributed by atoms with Crippen LogP contribution in [0.5, 0.6) is 0 Å². The smallest absolute Gasteiger partial charge is 0.175 e. The fraction of sp³-hybridized carbons (Fsp3) is 0.318. The topological polar surface area (TPSA) is 51.2 Å². The van der Waals surface area contributed by atoms with Gasteiger partial charge in [0, 0.05) is 23.7 Å². The number of hydrogen-bond acceptors (Lipinski definition) is 3. The zero-order chi connectivity index (χ0) is 18.9. The van der Waals surface area contributed by atoms with Crippen molar-refractivity contribution in [2.24, 2.45) is 5.41 Å². The molecule has 0 aliphatic heterocycles. The molecule has 4 heteroatoms. The summed E-state index contributed by atoms with van der Waals surface area (Å²) in [5, 5.41) is 0. The third-order valence-corrected chi connectivity index (χ3v) is 6.25. The summed E-state index contributed by atoms with van der Waals surface area (Å²) in [4.78, 5) is 13.2. The average molecular weight is 368 g/mol. The fourth-order valence-electron chi connectivity index (χ4n) is 4.01. The third kappa shape index (κ3) is 3.38. The monoisotopic (exact) mass is 368 g/mol. The van der Waals surface area contributed by atoms with Gasteiger partial charge in [0.15, 0.2) is 15.6 Å². The summed E-state index contributed by atoms with van der Waals surface area (Å²) in [7, 11) is -3.24. The molecule has 0 radical (unpaired) electrons. The second kappa shape index (κ2) is 6.84. The van der Waals surface area contributed by atoms with Gasteiger partial charge in [0.25, 0.3) is 0 Å².